The van der Waals surface area contributed by atoms with Gasteiger partial charge in [-0.2, -0.15) is 0 Å². The highest BCUT2D eigenvalue weighted by Crippen LogP contribution is 2.29. The summed E-state index contributed by atoms with van der Waals surface area (Å²) in [5.41, 5.74) is 3.24. The van der Waals surface area contributed by atoms with Gasteiger partial charge in [0.05, 0.1) is 9.50 Å². The molecule has 1 aliphatic rings. The number of nitrogens with zero attached hydrogens (tertiary/aromatic N) is 1. The molecule has 0 saturated carbocycles. The second kappa shape index (κ2) is 5.89. The number of rotatable bonds is 2. The van der Waals surface area contributed by atoms with E-state index in [1.54, 1.807) is 12.1 Å². The van der Waals surface area contributed by atoms with Gasteiger partial charge in [0.2, 0.25) is 0 Å². The van der Waals surface area contributed by atoms with Crippen molar-refractivity contribution in [2.45, 2.75) is 18.2 Å². The lowest BCUT2D eigenvalue weighted by Gasteiger charge is -2.22. The van der Waals surface area contributed by atoms with Gasteiger partial charge in [0.15, 0.2) is 0 Å². The molecule has 1 aliphatic heterocycles. The van der Waals surface area contributed by atoms with Crippen molar-refractivity contribution >= 4 is 32.0 Å². The van der Waals surface area contributed by atoms with Crippen molar-refractivity contribution in [1.29, 1.82) is 0 Å². The second-order valence-corrected chi connectivity index (χ2v) is 7.98. The maximum absolute atomic E-state index is 12.9. The van der Waals surface area contributed by atoms with Crippen molar-refractivity contribution in [3.8, 4) is 0 Å². The van der Waals surface area contributed by atoms with E-state index in [-0.39, 0.29) is 0 Å². The van der Waals surface area contributed by atoms with Crippen LogP contribution in [0.15, 0.2) is 58.0 Å². The SMILES string of the molecule is Cc1ccc(S(=O)(=O)N2CCc3ccccc3C=C2Br)cc1. The van der Waals surface area contributed by atoms with E-state index in [4.69, 9.17) is 0 Å². The van der Waals surface area contributed by atoms with Crippen LogP contribution in [0.4, 0.5) is 0 Å². The average Bonchev–Trinajstić information content (AvgIpc) is 2.66. The summed E-state index contributed by atoms with van der Waals surface area (Å²) in [7, 11) is -3.55. The molecule has 2 aromatic rings. The molecule has 0 amide bonds. The van der Waals surface area contributed by atoms with Crippen LogP contribution in [-0.2, 0) is 16.4 Å². The van der Waals surface area contributed by atoms with Crippen LogP contribution in [0.1, 0.15) is 16.7 Å². The van der Waals surface area contributed by atoms with E-state index in [9.17, 15) is 8.42 Å². The van der Waals surface area contributed by atoms with Gasteiger partial charge in [0.1, 0.15) is 0 Å². The molecule has 0 atom stereocenters. The van der Waals surface area contributed by atoms with Gasteiger partial charge in [0.25, 0.3) is 10.0 Å². The predicted molar refractivity (Wildman–Crippen MR) is 92.1 cm³/mol. The summed E-state index contributed by atoms with van der Waals surface area (Å²) >= 11 is 3.43. The van der Waals surface area contributed by atoms with Crippen molar-refractivity contribution in [1.82, 2.24) is 4.31 Å². The van der Waals surface area contributed by atoms with E-state index in [0.717, 1.165) is 16.7 Å². The Hall–Kier alpha value is -1.59. The molecule has 22 heavy (non-hydrogen) atoms. The summed E-state index contributed by atoms with van der Waals surface area (Å²) < 4.78 is 27.7. The largest absolute Gasteiger partial charge is 0.264 e. The Kier molecular flexibility index (Phi) is 4.10. The van der Waals surface area contributed by atoms with Crippen LogP contribution >= 0.6 is 15.9 Å². The van der Waals surface area contributed by atoms with E-state index < -0.39 is 10.0 Å². The fourth-order valence-electron chi connectivity index (χ4n) is 2.50. The topological polar surface area (TPSA) is 37.4 Å². The minimum absolute atomic E-state index is 0.314. The standard InChI is InChI=1S/C17H16BrNO2S/c1-13-6-8-16(9-7-13)22(20,21)19-11-10-14-4-2-3-5-15(14)12-17(19)18/h2-9,12H,10-11H2,1H3. The van der Waals surface area contributed by atoms with E-state index in [0.29, 0.717) is 22.5 Å². The van der Waals surface area contributed by atoms with Gasteiger partial charge >= 0.3 is 0 Å². The van der Waals surface area contributed by atoms with Crippen LogP contribution in [0.25, 0.3) is 6.08 Å². The van der Waals surface area contributed by atoms with Crippen molar-refractivity contribution in [3.05, 3.63) is 69.8 Å². The smallest absolute Gasteiger partial charge is 0.259 e. The normalized spacial score (nSPS) is 15.0. The van der Waals surface area contributed by atoms with Crippen molar-refractivity contribution in [2.75, 3.05) is 6.54 Å². The molecule has 5 heteroatoms. The van der Waals surface area contributed by atoms with E-state index >= 15 is 0 Å². The maximum Gasteiger partial charge on any atom is 0.264 e. The zero-order chi connectivity index (χ0) is 15.7. The van der Waals surface area contributed by atoms with Crippen LogP contribution in [0.3, 0.4) is 0 Å². The van der Waals surface area contributed by atoms with E-state index in [1.807, 2.05) is 49.4 Å². The Balaban J connectivity index is 2.01. The van der Waals surface area contributed by atoms with Crippen LogP contribution < -0.4 is 0 Å². The van der Waals surface area contributed by atoms with Crippen LogP contribution in [0, 0.1) is 6.92 Å². The quantitative estimate of drug-likeness (QED) is 0.743. The third kappa shape index (κ3) is 2.83. The molecule has 0 radical (unpaired) electrons. The van der Waals surface area contributed by atoms with Crippen LogP contribution in [0.2, 0.25) is 0 Å². The summed E-state index contributed by atoms with van der Waals surface area (Å²) in [5, 5.41) is 0. The Morgan fingerprint density at radius 2 is 1.73 bits per heavy atom. The first kappa shape index (κ1) is 15.3. The Morgan fingerprint density at radius 1 is 1.05 bits per heavy atom. The van der Waals surface area contributed by atoms with E-state index in [2.05, 4.69) is 15.9 Å². The third-order valence-electron chi connectivity index (χ3n) is 3.76. The minimum atomic E-state index is -3.55. The molecular weight excluding hydrogens is 362 g/mol. The highest BCUT2D eigenvalue weighted by Gasteiger charge is 2.27. The van der Waals surface area contributed by atoms with Crippen molar-refractivity contribution in [2.24, 2.45) is 0 Å². The number of sulfonamides is 1. The summed E-state index contributed by atoms with van der Waals surface area (Å²) in [6.07, 6.45) is 2.56. The monoisotopic (exact) mass is 377 g/mol. The fraction of sp³-hybridized carbons (Fsp3) is 0.176. The first-order chi connectivity index (χ1) is 10.5. The second-order valence-electron chi connectivity index (χ2n) is 5.31. The molecule has 3 nitrogen and oxygen atoms in total. The van der Waals surface area contributed by atoms with Crippen molar-refractivity contribution < 1.29 is 8.42 Å². The lowest BCUT2D eigenvalue weighted by atomic mass is 10.1. The minimum Gasteiger partial charge on any atom is -0.259 e. The van der Waals surface area contributed by atoms with Gasteiger partial charge in [-0.05, 0) is 58.6 Å². The Bertz CT molecular complexity index is 826. The number of halogens is 1. The average molecular weight is 378 g/mol. The Morgan fingerprint density at radius 3 is 2.45 bits per heavy atom. The van der Waals surface area contributed by atoms with Crippen LogP contribution in [0.5, 0.6) is 0 Å². The number of hydrogen-bond donors (Lipinski definition) is 0. The number of benzene rings is 2. The van der Waals surface area contributed by atoms with E-state index in [1.165, 1.54) is 4.31 Å². The number of hydrogen-bond acceptors (Lipinski definition) is 2. The molecule has 0 saturated heterocycles. The summed E-state index contributed by atoms with van der Waals surface area (Å²) in [6, 6.07) is 14.9. The fourth-order valence-corrected chi connectivity index (χ4v) is 4.85. The molecule has 0 spiro atoms. The first-order valence-corrected chi connectivity index (χ1v) is 9.26. The highest BCUT2D eigenvalue weighted by molar-refractivity contribution is 9.11. The molecule has 0 unspecified atom stereocenters. The number of fused-ring (bicyclic) bond motifs is 1. The first-order valence-electron chi connectivity index (χ1n) is 7.03. The molecule has 0 N–H and O–H groups in total. The molecule has 0 bridgehead atoms. The van der Waals surface area contributed by atoms with Gasteiger partial charge in [-0.25, -0.2) is 8.42 Å². The summed E-state index contributed by atoms with van der Waals surface area (Å²) in [5.74, 6) is 0. The van der Waals surface area contributed by atoms with Gasteiger partial charge in [-0.1, -0.05) is 42.0 Å². The summed E-state index contributed by atoms with van der Waals surface area (Å²) in [6.45, 7) is 2.36. The zero-order valence-corrected chi connectivity index (χ0v) is 14.6. The molecular formula is C17H16BrNO2S. The van der Waals surface area contributed by atoms with Gasteiger partial charge in [0, 0.05) is 6.54 Å². The number of aryl methyl sites for hydroxylation is 1. The molecule has 2 aromatic carbocycles. The summed E-state index contributed by atoms with van der Waals surface area (Å²) in [4.78, 5) is 0.314. The molecule has 114 valence electrons. The maximum atomic E-state index is 12.9. The molecule has 0 aromatic heterocycles. The third-order valence-corrected chi connectivity index (χ3v) is 6.48. The van der Waals surface area contributed by atoms with Crippen molar-refractivity contribution in [3.63, 3.8) is 0 Å². The lowest BCUT2D eigenvalue weighted by molar-refractivity contribution is 0.498. The van der Waals surface area contributed by atoms with Crippen LogP contribution in [-0.4, -0.2) is 19.3 Å². The highest BCUT2D eigenvalue weighted by atomic mass is 79.9. The Labute approximate surface area is 139 Å². The molecule has 0 aliphatic carbocycles. The zero-order valence-electron chi connectivity index (χ0n) is 12.2. The molecule has 0 fully saturated rings. The molecule has 1 heterocycles. The predicted octanol–water partition coefficient (Wildman–Crippen LogP) is 3.94. The molecule has 3 rings (SSSR count). The van der Waals surface area contributed by atoms with Gasteiger partial charge in [-0.15, -0.1) is 0 Å². The van der Waals surface area contributed by atoms with Gasteiger partial charge in [-0.3, -0.25) is 4.31 Å². The lowest BCUT2D eigenvalue weighted by Crippen LogP contribution is -2.29. The van der Waals surface area contributed by atoms with Gasteiger partial charge < -0.3 is 0 Å².